The Kier molecular flexibility index (Phi) is 3.13. The average molecular weight is 331 g/mol. The van der Waals surface area contributed by atoms with Gasteiger partial charge in [-0.15, -0.1) is 0 Å². The first-order valence-corrected chi connectivity index (χ1v) is 6.37. The van der Waals surface area contributed by atoms with Crippen LogP contribution in [0.15, 0.2) is 22.2 Å². The van der Waals surface area contributed by atoms with E-state index in [-0.39, 0.29) is 18.6 Å². The average Bonchev–Trinajstić information content (AvgIpc) is 2.39. The standard InChI is InChI=1S/C5H5.C5H11.Pt/c1-2-4-5-3-1;1-4-5(2)3;/h1-3H,4H2;4H2,1-3H3;. The molecular formula is C10H16Pt. The summed E-state index contributed by atoms with van der Waals surface area (Å²) in [6.45, 7) is 7.07. The van der Waals surface area contributed by atoms with Crippen molar-refractivity contribution in [3.8, 4) is 0 Å². The van der Waals surface area contributed by atoms with Gasteiger partial charge in [0.15, 0.2) is 0 Å². The molecular weight excluding hydrogens is 315 g/mol. The summed E-state index contributed by atoms with van der Waals surface area (Å²) in [5, 5.41) is 0. The van der Waals surface area contributed by atoms with E-state index in [4.69, 9.17) is 0 Å². The minimum atomic E-state index is 0.264. The van der Waals surface area contributed by atoms with Gasteiger partial charge in [0.25, 0.3) is 0 Å². The molecule has 0 nitrogen and oxygen atoms in total. The van der Waals surface area contributed by atoms with Gasteiger partial charge < -0.3 is 0 Å². The summed E-state index contributed by atoms with van der Waals surface area (Å²) in [5.41, 5.74) is 0. The van der Waals surface area contributed by atoms with Gasteiger partial charge in [-0.1, -0.05) is 0 Å². The molecule has 0 radical (unpaired) electrons. The monoisotopic (exact) mass is 331 g/mol. The van der Waals surface area contributed by atoms with E-state index < -0.39 is 0 Å². The van der Waals surface area contributed by atoms with Crippen molar-refractivity contribution >= 4 is 0 Å². The molecule has 1 heteroatoms. The quantitative estimate of drug-likeness (QED) is 0.742. The summed E-state index contributed by atoms with van der Waals surface area (Å²) in [6, 6.07) is 0. The number of allylic oxidation sites excluding steroid dienone is 4. The van der Waals surface area contributed by atoms with Crippen LogP contribution in [0.2, 0.25) is 3.80 Å². The number of rotatable bonds is 3. The van der Waals surface area contributed by atoms with Crippen LogP contribution in [0.3, 0.4) is 0 Å². The molecule has 11 heavy (non-hydrogen) atoms. The summed E-state index contributed by atoms with van der Waals surface area (Å²) in [5.74, 6) is 0. The van der Waals surface area contributed by atoms with Crippen molar-refractivity contribution in [1.29, 1.82) is 0 Å². The Labute approximate surface area is 78.3 Å². The molecule has 0 heterocycles. The second kappa shape index (κ2) is 3.71. The number of hydrogen-bond acceptors (Lipinski definition) is 0. The van der Waals surface area contributed by atoms with Crippen molar-refractivity contribution in [3.05, 3.63) is 22.2 Å². The molecule has 0 N–H and O–H groups in total. The molecule has 0 amide bonds. The van der Waals surface area contributed by atoms with E-state index in [2.05, 4.69) is 39.0 Å². The first kappa shape index (κ1) is 9.26. The molecule has 0 saturated carbocycles. The van der Waals surface area contributed by atoms with E-state index in [1.165, 1.54) is 12.8 Å². The first-order valence-electron chi connectivity index (χ1n) is 4.09. The van der Waals surface area contributed by atoms with Crippen LogP contribution < -0.4 is 0 Å². The molecule has 1 rings (SSSR count). The number of hydrogen-bond donors (Lipinski definition) is 0. The van der Waals surface area contributed by atoms with E-state index >= 15 is 0 Å². The Balaban J connectivity index is 2.42. The van der Waals surface area contributed by atoms with Crippen LogP contribution in [0.4, 0.5) is 0 Å². The molecule has 1 aliphatic carbocycles. The Morgan fingerprint density at radius 3 is 2.73 bits per heavy atom. The van der Waals surface area contributed by atoms with Gasteiger partial charge in [-0.25, -0.2) is 0 Å². The molecule has 1 aliphatic rings. The van der Waals surface area contributed by atoms with Crippen molar-refractivity contribution in [3.63, 3.8) is 0 Å². The van der Waals surface area contributed by atoms with Gasteiger partial charge in [0, 0.05) is 0 Å². The third-order valence-corrected chi connectivity index (χ3v) is 5.75. The molecule has 0 atom stereocenters. The Bertz CT molecular complexity index is 187. The van der Waals surface area contributed by atoms with Gasteiger partial charge in [-0.3, -0.25) is 0 Å². The van der Waals surface area contributed by atoms with E-state index in [9.17, 15) is 0 Å². The second-order valence-electron chi connectivity index (χ2n) is 3.27. The van der Waals surface area contributed by atoms with Crippen LogP contribution in [-0.2, 0) is 18.6 Å². The molecule has 0 aromatic heterocycles. The molecule has 66 valence electrons. The second-order valence-corrected chi connectivity index (χ2v) is 8.38. The maximum absolute atomic E-state index is 2.39. The topological polar surface area (TPSA) is 0 Å². The fourth-order valence-corrected chi connectivity index (χ4v) is 4.08. The normalized spacial score (nSPS) is 17.5. The fourth-order valence-electron chi connectivity index (χ4n) is 0.797. The SMILES string of the molecule is CC[C](C)(C)[Pt][C]1=CC=CC1. The molecule has 0 aromatic rings. The summed E-state index contributed by atoms with van der Waals surface area (Å²) in [4.78, 5) is 0. The first-order chi connectivity index (χ1) is 5.14. The zero-order chi connectivity index (χ0) is 8.32. The molecule has 0 aromatic carbocycles. The van der Waals surface area contributed by atoms with Crippen LogP contribution in [0.5, 0.6) is 0 Å². The van der Waals surface area contributed by atoms with Crippen LogP contribution in [0.25, 0.3) is 0 Å². The Morgan fingerprint density at radius 1 is 1.55 bits per heavy atom. The Hall–Kier alpha value is 0.168. The van der Waals surface area contributed by atoms with Crippen molar-refractivity contribution in [2.75, 3.05) is 0 Å². The van der Waals surface area contributed by atoms with Gasteiger partial charge >= 0.3 is 78.2 Å². The molecule has 0 unspecified atom stereocenters. The third-order valence-electron chi connectivity index (χ3n) is 1.84. The van der Waals surface area contributed by atoms with E-state index in [1.54, 1.807) is 3.96 Å². The fraction of sp³-hybridized carbons (Fsp3) is 0.600. The molecule has 0 bridgehead atoms. The van der Waals surface area contributed by atoms with Crippen LogP contribution in [-0.4, -0.2) is 0 Å². The van der Waals surface area contributed by atoms with E-state index in [0.717, 1.165) is 0 Å². The van der Waals surface area contributed by atoms with Crippen LogP contribution in [0.1, 0.15) is 33.6 Å². The predicted molar refractivity (Wildman–Crippen MR) is 46.2 cm³/mol. The predicted octanol–water partition coefficient (Wildman–Crippen LogP) is 3.52. The summed E-state index contributed by atoms with van der Waals surface area (Å²) in [7, 11) is 0. The summed E-state index contributed by atoms with van der Waals surface area (Å²) < 4.78 is 2.31. The van der Waals surface area contributed by atoms with Crippen molar-refractivity contribution in [2.45, 2.75) is 37.4 Å². The van der Waals surface area contributed by atoms with Crippen LogP contribution >= 0.6 is 0 Å². The third kappa shape index (κ3) is 2.95. The maximum atomic E-state index is 2.39. The summed E-state index contributed by atoms with van der Waals surface area (Å²) >= 11 is 0.264. The van der Waals surface area contributed by atoms with Crippen LogP contribution in [0, 0.1) is 0 Å². The van der Waals surface area contributed by atoms with Gasteiger partial charge in [-0.05, 0) is 0 Å². The molecule has 0 aliphatic heterocycles. The molecule has 0 spiro atoms. The molecule has 0 fully saturated rings. The zero-order valence-electron chi connectivity index (χ0n) is 7.46. The Morgan fingerprint density at radius 2 is 2.27 bits per heavy atom. The van der Waals surface area contributed by atoms with Crippen molar-refractivity contribution in [2.24, 2.45) is 0 Å². The van der Waals surface area contributed by atoms with E-state index in [0.29, 0.717) is 3.80 Å². The molecule has 0 saturated heterocycles. The summed E-state index contributed by atoms with van der Waals surface area (Å²) in [6.07, 6.45) is 9.32. The van der Waals surface area contributed by atoms with Gasteiger partial charge in [-0.2, -0.15) is 0 Å². The zero-order valence-corrected chi connectivity index (χ0v) is 9.73. The van der Waals surface area contributed by atoms with Crippen molar-refractivity contribution < 1.29 is 18.6 Å². The van der Waals surface area contributed by atoms with Crippen molar-refractivity contribution in [1.82, 2.24) is 0 Å². The van der Waals surface area contributed by atoms with Gasteiger partial charge in [0.2, 0.25) is 0 Å². The van der Waals surface area contributed by atoms with E-state index in [1.807, 2.05) is 0 Å². The van der Waals surface area contributed by atoms with Gasteiger partial charge in [0.1, 0.15) is 0 Å². The van der Waals surface area contributed by atoms with Gasteiger partial charge in [0.05, 0.1) is 0 Å². The minimum absolute atomic E-state index is 0.264.